The van der Waals surface area contributed by atoms with Gasteiger partial charge in [0.1, 0.15) is 0 Å². The molecule has 2 nitrogen and oxygen atoms in total. The first-order chi connectivity index (χ1) is 10.6. The number of ether oxygens (including phenoxy) is 2. The lowest BCUT2D eigenvalue weighted by molar-refractivity contribution is -0.109. The van der Waals surface area contributed by atoms with Crippen molar-refractivity contribution >= 4 is 0 Å². The Bertz CT molecular complexity index is 577. The van der Waals surface area contributed by atoms with Crippen molar-refractivity contribution in [2.24, 2.45) is 59.2 Å². The van der Waals surface area contributed by atoms with Crippen molar-refractivity contribution in [2.45, 2.75) is 62.9 Å². The van der Waals surface area contributed by atoms with Gasteiger partial charge in [-0.1, -0.05) is 0 Å². The van der Waals surface area contributed by atoms with E-state index >= 15 is 0 Å². The van der Waals surface area contributed by atoms with E-state index in [1.54, 1.807) is 0 Å². The summed E-state index contributed by atoms with van der Waals surface area (Å²) in [5.74, 6) is 9.21. The lowest BCUT2D eigenvalue weighted by Gasteiger charge is -2.36. The van der Waals surface area contributed by atoms with Gasteiger partial charge in [0.05, 0.1) is 23.4 Å². The molecule has 0 aromatic heterocycles. The molecule has 118 valence electrons. The number of hydrogen-bond acceptors (Lipinski definition) is 2. The maximum atomic E-state index is 6.93. The molecule has 2 aliphatic heterocycles. The van der Waals surface area contributed by atoms with Gasteiger partial charge in [0.2, 0.25) is 0 Å². The van der Waals surface area contributed by atoms with Crippen LogP contribution in [0.1, 0.15) is 39.5 Å². The molecule has 6 saturated carbocycles. The second kappa shape index (κ2) is 2.86. The first kappa shape index (κ1) is 11.5. The van der Waals surface area contributed by atoms with E-state index in [-0.39, 0.29) is 11.2 Å². The molecule has 14 atom stereocenters. The molecular formula is C20H26O2. The van der Waals surface area contributed by atoms with Gasteiger partial charge in [-0.25, -0.2) is 0 Å². The Morgan fingerprint density at radius 1 is 0.591 bits per heavy atom. The summed E-state index contributed by atoms with van der Waals surface area (Å²) in [6.45, 7) is 5.12. The molecular weight excluding hydrogens is 272 g/mol. The van der Waals surface area contributed by atoms with Crippen LogP contribution in [0.25, 0.3) is 0 Å². The SMILES string of the molecule is C[C@@]12O[C@@H]3CC[C@@H]4[C@H]3[C@@H]1[C@@H]1[C@@H]3[C@@H]5[C@@H]6[C@H](CC[C@@H]6O[C@@]5(C)[C@@H]41)[C@@H]32. The highest BCUT2D eigenvalue weighted by atomic mass is 16.5. The predicted molar refractivity (Wildman–Crippen MR) is 79.9 cm³/mol. The average molecular weight is 298 g/mol. The molecule has 2 heteroatoms. The van der Waals surface area contributed by atoms with Crippen LogP contribution in [-0.2, 0) is 9.47 Å². The van der Waals surface area contributed by atoms with Gasteiger partial charge in [-0.15, -0.1) is 0 Å². The summed E-state index contributed by atoms with van der Waals surface area (Å²) >= 11 is 0. The second-order valence-electron chi connectivity index (χ2n) is 10.6. The molecule has 2 saturated heterocycles. The van der Waals surface area contributed by atoms with Crippen molar-refractivity contribution in [2.75, 3.05) is 0 Å². The van der Waals surface area contributed by atoms with Crippen LogP contribution in [-0.4, -0.2) is 23.4 Å². The molecule has 6 aliphatic carbocycles. The van der Waals surface area contributed by atoms with Crippen molar-refractivity contribution < 1.29 is 9.47 Å². The molecule has 8 aliphatic rings. The first-order valence-electron chi connectivity index (χ1n) is 10.0. The van der Waals surface area contributed by atoms with E-state index in [0.717, 1.165) is 59.2 Å². The molecule has 0 N–H and O–H groups in total. The fourth-order valence-corrected chi connectivity index (χ4v) is 11.2. The van der Waals surface area contributed by atoms with Crippen molar-refractivity contribution in [3.8, 4) is 0 Å². The third-order valence-electron chi connectivity index (χ3n) is 10.7. The molecule has 0 aromatic carbocycles. The van der Waals surface area contributed by atoms with Crippen LogP contribution in [0.4, 0.5) is 0 Å². The number of fused-ring (bicyclic) bond motifs is 4. The van der Waals surface area contributed by atoms with E-state index in [1.165, 1.54) is 25.7 Å². The molecule has 22 heavy (non-hydrogen) atoms. The molecule has 0 amide bonds. The number of rotatable bonds is 0. The summed E-state index contributed by atoms with van der Waals surface area (Å²) < 4.78 is 13.9. The van der Waals surface area contributed by atoms with Crippen molar-refractivity contribution in [1.82, 2.24) is 0 Å². The van der Waals surface area contributed by atoms with Crippen molar-refractivity contribution in [1.29, 1.82) is 0 Å². The zero-order valence-electron chi connectivity index (χ0n) is 13.6. The van der Waals surface area contributed by atoms with Crippen LogP contribution in [0, 0.1) is 59.2 Å². The van der Waals surface area contributed by atoms with E-state index < -0.39 is 0 Å². The minimum absolute atomic E-state index is 0.253. The van der Waals surface area contributed by atoms with Crippen LogP contribution in [0.5, 0.6) is 0 Å². The Morgan fingerprint density at radius 3 is 1.50 bits per heavy atom. The van der Waals surface area contributed by atoms with Crippen LogP contribution < -0.4 is 0 Å². The van der Waals surface area contributed by atoms with Gasteiger partial charge in [0, 0.05) is 0 Å². The molecule has 0 aromatic rings. The molecule has 8 rings (SSSR count). The zero-order chi connectivity index (χ0) is 14.2. The van der Waals surface area contributed by atoms with Crippen LogP contribution in [0.3, 0.4) is 0 Å². The summed E-state index contributed by atoms with van der Waals surface area (Å²) in [5, 5.41) is 0. The van der Waals surface area contributed by atoms with E-state index in [4.69, 9.17) is 9.47 Å². The zero-order valence-corrected chi connectivity index (χ0v) is 13.6. The standard InChI is InChI=1S/C20H26O2/c1-19-15-7-3-6-10-12(7)18-13(15)14-16(20(18,2)22-10)8-4-5-9(21-19)11(8)17(14)19/h7-18H,3-6H2,1-2H3/t7-,8+,9+,10-,11-,12-,13-,14+,15+,16+,17+,18-,19+,20+/m1/s1. The maximum absolute atomic E-state index is 6.93. The minimum Gasteiger partial charge on any atom is -0.371 e. The Labute approximate surface area is 132 Å². The molecule has 0 unspecified atom stereocenters. The van der Waals surface area contributed by atoms with E-state index in [9.17, 15) is 0 Å². The average Bonchev–Trinajstić information content (AvgIpc) is 3.19. The monoisotopic (exact) mass is 298 g/mol. The fraction of sp³-hybridized carbons (Fsp3) is 1.00. The number of hydrogen-bond donors (Lipinski definition) is 0. The van der Waals surface area contributed by atoms with Gasteiger partial charge >= 0.3 is 0 Å². The molecule has 0 bridgehead atoms. The normalized spacial score (nSPS) is 83.2. The van der Waals surface area contributed by atoms with Crippen LogP contribution in [0.15, 0.2) is 0 Å². The molecule has 0 radical (unpaired) electrons. The summed E-state index contributed by atoms with van der Waals surface area (Å²) in [6.07, 6.45) is 6.80. The van der Waals surface area contributed by atoms with Crippen molar-refractivity contribution in [3.63, 3.8) is 0 Å². The predicted octanol–water partition coefficient (Wildman–Crippen LogP) is 3.11. The highest BCUT2D eigenvalue weighted by Gasteiger charge is 2.88. The Kier molecular flexibility index (Phi) is 1.49. The highest BCUT2D eigenvalue weighted by molar-refractivity contribution is 5.35. The summed E-state index contributed by atoms with van der Waals surface area (Å²) in [6, 6.07) is 0. The smallest absolute Gasteiger partial charge is 0.0726 e. The quantitative estimate of drug-likeness (QED) is 0.684. The maximum Gasteiger partial charge on any atom is 0.0726 e. The second-order valence-corrected chi connectivity index (χ2v) is 10.6. The van der Waals surface area contributed by atoms with E-state index in [0.29, 0.717) is 12.2 Å². The van der Waals surface area contributed by atoms with Crippen LogP contribution >= 0.6 is 0 Å². The Hall–Kier alpha value is -0.0800. The minimum atomic E-state index is 0.253. The van der Waals surface area contributed by atoms with Gasteiger partial charge in [0.15, 0.2) is 0 Å². The van der Waals surface area contributed by atoms with Gasteiger partial charge in [-0.05, 0) is 98.7 Å². The lowest BCUT2D eigenvalue weighted by Crippen LogP contribution is -2.42. The fourth-order valence-electron chi connectivity index (χ4n) is 11.2. The lowest BCUT2D eigenvalue weighted by atomic mass is 9.72. The van der Waals surface area contributed by atoms with Gasteiger partial charge < -0.3 is 9.47 Å². The van der Waals surface area contributed by atoms with Crippen molar-refractivity contribution in [3.05, 3.63) is 0 Å². The summed E-state index contributed by atoms with van der Waals surface area (Å²) in [4.78, 5) is 0. The van der Waals surface area contributed by atoms with E-state index in [2.05, 4.69) is 13.8 Å². The molecule has 8 fully saturated rings. The van der Waals surface area contributed by atoms with Gasteiger partial charge in [0.25, 0.3) is 0 Å². The molecule has 0 spiro atoms. The van der Waals surface area contributed by atoms with Gasteiger partial charge in [-0.3, -0.25) is 0 Å². The summed E-state index contributed by atoms with van der Waals surface area (Å²) in [7, 11) is 0. The third kappa shape index (κ3) is 0.775. The Morgan fingerprint density at radius 2 is 1.05 bits per heavy atom. The first-order valence-corrected chi connectivity index (χ1v) is 10.0. The molecule has 2 heterocycles. The Balaban J connectivity index is 1.46. The van der Waals surface area contributed by atoms with Gasteiger partial charge in [-0.2, -0.15) is 0 Å². The third-order valence-corrected chi connectivity index (χ3v) is 10.7. The summed E-state index contributed by atoms with van der Waals surface area (Å²) in [5.41, 5.74) is 0.507. The van der Waals surface area contributed by atoms with Crippen LogP contribution in [0.2, 0.25) is 0 Å². The highest BCUT2D eigenvalue weighted by Crippen LogP contribution is 2.86. The topological polar surface area (TPSA) is 18.5 Å². The largest absolute Gasteiger partial charge is 0.371 e. The van der Waals surface area contributed by atoms with E-state index in [1.807, 2.05) is 0 Å².